The van der Waals surface area contributed by atoms with E-state index in [1.165, 1.54) is 35.2 Å². The minimum atomic E-state index is 0.600. The van der Waals surface area contributed by atoms with Gasteiger partial charge in [0.1, 0.15) is 0 Å². The lowest BCUT2D eigenvalue weighted by molar-refractivity contribution is 0.371. The first-order valence-corrected chi connectivity index (χ1v) is 6.08. The quantitative estimate of drug-likeness (QED) is 0.821. The summed E-state index contributed by atoms with van der Waals surface area (Å²) in [7, 11) is 4.28. The molecular formula is C14H22N2. The second-order valence-corrected chi connectivity index (χ2v) is 5.20. The minimum Gasteiger partial charge on any atom is -0.381 e. The number of hydrogen-bond acceptors (Lipinski definition) is 2. The number of hydrogen-bond donors (Lipinski definition) is 1. The van der Waals surface area contributed by atoms with E-state index in [0.29, 0.717) is 6.04 Å². The van der Waals surface area contributed by atoms with Crippen LogP contribution in [-0.2, 0) is 6.42 Å². The number of fused-ring (bicyclic) bond motifs is 1. The van der Waals surface area contributed by atoms with Crippen molar-refractivity contribution in [2.75, 3.05) is 26.0 Å². The van der Waals surface area contributed by atoms with Crippen molar-refractivity contribution >= 4 is 5.69 Å². The number of likely N-dealkylation sites (N-methyl/N-ethyl adjacent to an activating group) is 1. The average Bonchev–Trinajstić information content (AvgIpc) is 2.23. The SMILES string of the molecule is Cc1ccc(C)c2c1CCC(CN(C)C)N2. The highest BCUT2D eigenvalue weighted by Gasteiger charge is 2.20. The topological polar surface area (TPSA) is 15.3 Å². The van der Waals surface area contributed by atoms with Crippen LogP contribution in [0.15, 0.2) is 12.1 Å². The summed E-state index contributed by atoms with van der Waals surface area (Å²) in [5.74, 6) is 0. The molecule has 2 heteroatoms. The maximum Gasteiger partial charge on any atom is 0.0407 e. The predicted octanol–water partition coefficient (Wildman–Crippen LogP) is 2.59. The molecule has 1 atom stereocenters. The van der Waals surface area contributed by atoms with Gasteiger partial charge in [-0.1, -0.05) is 12.1 Å². The van der Waals surface area contributed by atoms with Gasteiger partial charge >= 0.3 is 0 Å². The van der Waals surface area contributed by atoms with Crippen molar-refractivity contribution in [1.82, 2.24) is 4.90 Å². The normalized spacial score (nSPS) is 19.4. The third-order valence-electron chi connectivity index (χ3n) is 3.43. The molecule has 1 unspecified atom stereocenters. The molecule has 0 aliphatic carbocycles. The molecule has 0 saturated carbocycles. The maximum absolute atomic E-state index is 3.70. The van der Waals surface area contributed by atoms with Crippen molar-refractivity contribution in [3.8, 4) is 0 Å². The van der Waals surface area contributed by atoms with E-state index in [2.05, 4.69) is 50.3 Å². The van der Waals surface area contributed by atoms with Gasteiger partial charge in [-0.2, -0.15) is 0 Å². The third-order valence-corrected chi connectivity index (χ3v) is 3.43. The fraction of sp³-hybridized carbons (Fsp3) is 0.571. The van der Waals surface area contributed by atoms with E-state index < -0.39 is 0 Å². The first kappa shape index (κ1) is 11.5. The van der Waals surface area contributed by atoms with Gasteiger partial charge in [0.05, 0.1) is 0 Å². The third kappa shape index (κ3) is 2.22. The molecule has 1 N–H and O–H groups in total. The zero-order chi connectivity index (χ0) is 11.7. The molecule has 0 aromatic heterocycles. The Morgan fingerprint density at radius 3 is 2.62 bits per heavy atom. The summed E-state index contributed by atoms with van der Waals surface area (Å²) in [4.78, 5) is 2.26. The Morgan fingerprint density at radius 2 is 1.94 bits per heavy atom. The van der Waals surface area contributed by atoms with Crippen molar-refractivity contribution in [3.63, 3.8) is 0 Å². The van der Waals surface area contributed by atoms with Gasteiger partial charge in [0.2, 0.25) is 0 Å². The molecule has 0 fully saturated rings. The van der Waals surface area contributed by atoms with Crippen LogP contribution < -0.4 is 5.32 Å². The minimum absolute atomic E-state index is 0.600. The highest BCUT2D eigenvalue weighted by atomic mass is 15.1. The summed E-state index contributed by atoms with van der Waals surface area (Å²) >= 11 is 0. The molecule has 16 heavy (non-hydrogen) atoms. The summed E-state index contributed by atoms with van der Waals surface area (Å²) in [6, 6.07) is 5.06. The van der Waals surface area contributed by atoms with Gasteiger partial charge in [0, 0.05) is 18.3 Å². The smallest absolute Gasteiger partial charge is 0.0407 e. The molecule has 1 aliphatic rings. The predicted molar refractivity (Wildman–Crippen MR) is 70.2 cm³/mol. The molecule has 0 bridgehead atoms. The summed E-state index contributed by atoms with van der Waals surface area (Å²) in [5.41, 5.74) is 5.72. The molecule has 2 rings (SSSR count). The van der Waals surface area contributed by atoms with Gasteiger partial charge in [-0.3, -0.25) is 0 Å². The number of nitrogens with zero attached hydrogens (tertiary/aromatic N) is 1. The van der Waals surface area contributed by atoms with Crippen molar-refractivity contribution in [1.29, 1.82) is 0 Å². The van der Waals surface area contributed by atoms with Gasteiger partial charge < -0.3 is 10.2 Å². The Balaban J connectivity index is 2.23. The Bertz CT molecular complexity index is 383. The molecule has 2 nitrogen and oxygen atoms in total. The molecule has 0 saturated heterocycles. The van der Waals surface area contributed by atoms with E-state index in [0.717, 1.165) is 6.54 Å². The van der Waals surface area contributed by atoms with E-state index in [-0.39, 0.29) is 0 Å². The van der Waals surface area contributed by atoms with Crippen LogP contribution in [0.4, 0.5) is 5.69 Å². The van der Waals surface area contributed by atoms with Crippen LogP contribution in [-0.4, -0.2) is 31.6 Å². The fourth-order valence-corrected chi connectivity index (χ4v) is 2.56. The maximum atomic E-state index is 3.70. The van der Waals surface area contributed by atoms with Crippen molar-refractivity contribution in [2.45, 2.75) is 32.7 Å². The summed E-state index contributed by atoms with van der Waals surface area (Å²) in [5, 5.41) is 3.70. The highest BCUT2D eigenvalue weighted by Crippen LogP contribution is 2.30. The number of rotatable bonds is 2. The van der Waals surface area contributed by atoms with Gasteiger partial charge in [-0.05, 0) is 57.5 Å². The Morgan fingerprint density at radius 1 is 1.25 bits per heavy atom. The van der Waals surface area contributed by atoms with E-state index in [4.69, 9.17) is 0 Å². The van der Waals surface area contributed by atoms with Crippen molar-refractivity contribution in [2.24, 2.45) is 0 Å². The number of benzene rings is 1. The van der Waals surface area contributed by atoms with Crippen LogP contribution in [0, 0.1) is 13.8 Å². The van der Waals surface area contributed by atoms with E-state index in [9.17, 15) is 0 Å². The number of aryl methyl sites for hydroxylation is 2. The number of anilines is 1. The molecule has 88 valence electrons. The van der Waals surface area contributed by atoms with Crippen LogP contribution in [0.3, 0.4) is 0 Å². The largest absolute Gasteiger partial charge is 0.381 e. The zero-order valence-electron chi connectivity index (χ0n) is 10.8. The Labute approximate surface area is 98.7 Å². The van der Waals surface area contributed by atoms with E-state index >= 15 is 0 Å². The van der Waals surface area contributed by atoms with Gasteiger partial charge in [-0.25, -0.2) is 0 Å². The van der Waals surface area contributed by atoms with Gasteiger partial charge in [0.25, 0.3) is 0 Å². The monoisotopic (exact) mass is 218 g/mol. The van der Waals surface area contributed by atoms with Crippen LogP contribution in [0.1, 0.15) is 23.1 Å². The first-order valence-electron chi connectivity index (χ1n) is 6.08. The standard InChI is InChI=1S/C14H22N2/c1-10-5-6-11(2)14-13(10)8-7-12(15-14)9-16(3)4/h5-6,12,15H,7-9H2,1-4H3. The van der Waals surface area contributed by atoms with Crippen LogP contribution in [0.5, 0.6) is 0 Å². The van der Waals surface area contributed by atoms with Gasteiger partial charge in [-0.15, -0.1) is 0 Å². The van der Waals surface area contributed by atoms with E-state index in [1.807, 2.05) is 0 Å². The van der Waals surface area contributed by atoms with Crippen LogP contribution in [0.2, 0.25) is 0 Å². The van der Waals surface area contributed by atoms with Crippen LogP contribution >= 0.6 is 0 Å². The second kappa shape index (κ2) is 4.46. The molecule has 1 aliphatic heterocycles. The van der Waals surface area contributed by atoms with E-state index in [1.54, 1.807) is 0 Å². The lowest BCUT2D eigenvalue weighted by Crippen LogP contribution is -2.35. The average molecular weight is 218 g/mol. The zero-order valence-corrected chi connectivity index (χ0v) is 10.8. The Kier molecular flexibility index (Phi) is 3.20. The first-order chi connectivity index (χ1) is 7.58. The summed E-state index contributed by atoms with van der Waals surface area (Å²) in [6.45, 7) is 5.53. The molecule has 0 amide bonds. The summed E-state index contributed by atoms with van der Waals surface area (Å²) in [6.07, 6.45) is 2.46. The molecule has 1 aromatic rings. The molecule has 0 radical (unpaired) electrons. The lowest BCUT2D eigenvalue weighted by Gasteiger charge is -2.31. The summed E-state index contributed by atoms with van der Waals surface area (Å²) < 4.78 is 0. The molecule has 1 heterocycles. The van der Waals surface area contributed by atoms with Crippen molar-refractivity contribution in [3.05, 3.63) is 28.8 Å². The fourth-order valence-electron chi connectivity index (χ4n) is 2.56. The molecular weight excluding hydrogens is 196 g/mol. The van der Waals surface area contributed by atoms with Gasteiger partial charge in [0.15, 0.2) is 0 Å². The molecule has 0 spiro atoms. The van der Waals surface area contributed by atoms with Crippen LogP contribution in [0.25, 0.3) is 0 Å². The number of nitrogens with one attached hydrogen (secondary N) is 1. The molecule has 1 aromatic carbocycles. The van der Waals surface area contributed by atoms with Crippen molar-refractivity contribution < 1.29 is 0 Å². The Hall–Kier alpha value is -1.02. The highest BCUT2D eigenvalue weighted by molar-refractivity contribution is 5.62. The lowest BCUT2D eigenvalue weighted by atomic mass is 9.92. The second-order valence-electron chi connectivity index (χ2n) is 5.20.